The summed E-state index contributed by atoms with van der Waals surface area (Å²) in [4.78, 5) is 0. The van der Waals surface area contributed by atoms with Crippen molar-refractivity contribution in [1.29, 1.82) is 0 Å². The van der Waals surface area contributed by atoms with E-state index >= 15 is 0 Å². The van der Waals surface area contributed by atoms with Crippen molar-refractivity contribution in [2.75, 3.05) is 6.61 Å². The number of aryl methyl sites for hydroxylation is 1. The number of hydrogen-bond donors (Lipinski definition) is 1. The van der Waals surface area contributed by atoms with Crippen LogP contribution < -0.4 is 0 Å². The molecule has 0 unspecified atom stereocenters. The molecule has 0 saturated heterocycles. The van der Waals surface area contributed by atoms with Crippen molar-refractivity contribution in [3.63, 3.8) is 0 Å². The SMILES string of the molecule is CC(C)C(C)(C)[C](CO)CCc1ccccc1. The molecule has 0 spiro atoms. The lowest BCUT2D eigenvalue weighted by molar-refractivity contribution is 0.186. The maximum Gasteiger partial charge on any atom is 0.0499 e. The molecule has 0 aliphatic carbocycles. The van der Waals surface area contributed by atoms with Crippen LogP contribution in [0.2, 0.25) is 0 Å². The van der Waals surface area contributed by atoms with Gasteiger partial charge < -0.3 is 5.11 Å². The molecule has 0 aromatic heterocycles. The van der Waals surface area contributed by atoms with Crippen molar-refractivity contribution in [3.8, 4) is 0 Å². The Balaban J connectivity index is 2.59. The van der Waals surface area contributed by atoms with Gasteiger partial charge in [0.2, 0.25) is 0 Å². The first kappa shape index (κ1) is 14.2. The minimum atomic E-state index is 0.115. The molecule has 0 bridgehead atoms. The summed E-state index contributed by atoms with van der Waals surface area (Å²) in [7, 11) is 0. The molecule has 0 atom stereocenters. The lowest BCUT2D eigenvalue weighted by Gasteiger charge is -2.36. The second-order valence-electron chi connectivity index (χ2n) is 5.62. The summed E-state index contributed by atoms with van der Waals surface area (Å²) in [5.74, 6) is 1.82. The van der Waals surface area contributed by atoms with Crippen LogP contribution in [0.4, 0.5) is 0 Å². The van der Waals surface area contributed by atoms with Crippen molar-refractivity contribution >= 4 is 0 Å². The molecule has 0 saturated carbocycles. The minimum absolute atomic E-state index is 0.115. The van der Waals surface area contributed by atoms with Crippen LogP contribution in [0.5, 0.6) is 0 Å². The summed E-state index contributed by atoms with van der Waals surface area (Å²) in [6, 6.07) is 10.5. The number of benzene rings is 1. The summed E-state index contributed by atoms with van der Waals surface area (Å²) >= 11 is 0. The van der Waals surface area contributed by atoms with Crippen LogP contribution in [-0.2, 0) is 6.42 Å². The minimum Gasteiger partial charge on any atom is -0.396 e. The Kier molecular flexibility index (Phi) is 5.20. The topological polar surface area (TPSA) is 20.2 Å². The third-order valence-corrected chi connectivity index (χ3v) is 4.10. The van der Waals surface area contributed by atoms with Crippen molar-refractivity contribution in [3.05, 3.63) is 41.8 Å². The predicted octanol–water partition coefficient (Wildman–Crippen LogP) is 3.87. The van der Waals surface area contributed by atoms with E-state index in [0.29, 0.717) is 5.92 Å². The van der Waals surface area contributed by atoms with Gasteiger partial charge in [0.15, 0.2) is 0 Å². The fourth-order valence-electron chi connectivity index (χ4n) is 1.95. The monoisotopic (exact) mass is 233 g/mol. The van der Waals surface area contributed by atoms with Crippen LogP contribution in [0.3, 0.4) is 0 Å². The van der Waals surface area contributed by atoms with Gasteiger partial charge >= 0.3 is 0 Å². The van der Waals surface area contributed by atoms with Crippen molar-refractivity contribution in [1.82, 2.24) is 0 Å². The highest BCUT2D eigenvalue weighted by Gasteiger charge is 2.32. The van der Waals surface area contributed by atoms with Gasteiger partial charge in [0.25, 0.3) is 0 Å². The predicted molar refractivity (Wildman–Crippen MR) is 73.7 cm³/mol. The molecule has 1 nitrogen and oxygen atoms in total. The number of aliphatic hydroxyl groups is 1. The Bertz CT molecular complexity index is 314. The summed E-state index contributed by atoms with van der Waals surface area (Å²) in [5, 5.41) is 9.55. The van der Waals surface area contributed by atoms with E-state index in [9.17, 15) is 5.11 Å². The highest BCUT2D eigenvalue weighted by atomic mass is 16.3. The number of hydrogen-bond acceptors (Lipinski definition) is 1. The molecule has 1 radical (unpaired) electrons. The van der Waals surface area contributed by atoms with E-state index in [1.54, 1.807) is 0 Å². The average Bonchev–Trinajstić information content (AvgIpc) is 2.30. The van der Waals surface area contributed by atoms with Gasteiger partial charge in [-0.1, -0.05) is 58.0 Å². The van der Waals surface area contributed by atoms with E-state index in [1.165, 1.54) is 11.5 Å². The Morgan fingerprint density at radius 1 is 1.18 bits per heavy atom. The molecule has 0 heterocycles. The molecule has 1 heteroatoms. The lowest BCUT2D eigenvalue weighted by atomic mass is 9.69. The first-order valence-corrected chi connectivity index (χ1v) is 6.48. The smallest absolute Gasteiger partial charge is 0.0499 e. The van der Waals surface area contributed by atoms with Crippen LogP contribution in [0.25, 0.3) is 0 Å². The molecule has 1 rings (SSSR count). The van der Waals surface area contributed by atoms with Gasteiger partial charge in [0, 0.05) is 12.5 Å². The van der Waals surface area contributed by atoms with Crippen LogP contribution in [0.15, 0.2) is 30.3 Å². The van der Waals surface area contributed by atoms with E-state index in [4.69, 9.17) is 0 Å². The normalized spacial score (nSPS) is 12.4. The second kappa shape index (κ2) is 6.20. The maximum absolute atomic E-state index is 9.55. The van der Waals surface area contributed by atoms with Gasteiger partial charge in [0.05, 0.1) is 0 Å². The zero-order valence-corrected chi connectivity index (χ0v) is 11.5. The molecule has 0 aliphatic rings. The summed E-state index contributed by atoms with van der Waals surface area (Å²) in [6.07, 6.45) is 2.00. The largest absolute Gasteiger partial charge is 0.396 e. The second-order valence-corrected chi connectivity index (χ2v) is 5.62. The molecule has 1 N–H and O–H groups in total. The van der Waals surface area contributed by atoms with Crippen molar-refractivity contribution in [2.24, 2.45) is 11.3 Å². The Hall–Kier alpha value is -0.820. The fourth-order valence-corrected chi connectivity index (χ4v) is 1.95. The highest BCUT2D eigenvalue weighted by molar-refractivity contribution is 5.16. The Labute approximate surface area is 106 Å². The fraction of sp³-hybridized carbons (Fsp3) is 0.562. The molecule has 1 aromatic carbocycles. The van der Waals surface area contributed by atoms with E-state index in [2.05, 4.69) is 52.0 Å². The van der Waals surface area contributed by atoms with E-state index in [0.717, 1.165) is 12.8 Å². The molecular weight excluding hydrogens is 208 g/mol. The molecule has 0 fully saturated rings. The lowest BCUT2D eigenvalue weighted by Crippen LogP contribution is -2.30. The van der Waals surface area contributed by atoms with E-state index in [-0.39, 0.29) is 12.0 Å². The third-order valence-electron chi connectivity index (χ3n) is 4.10. The van der Waals surface area contributed by atoms with Gasteiger partial charge in [-0.3, -0.25) is 0 Å². The van der Waals surface area contributed by atoms with E-state index < -0.39 is 0 Å². The number of rotatable bonds is 6. The first-order valence-electron chi connectivity index (χ1n) is 6.48. The maximum atomic E-state index is 9.55. The Morgan fingerprint density at radius 3 is 2.24 bits per heavy atom. The van der Waals surface area contributed by atoms with E-state index in [1.807, 2.05) is 6.07 Å². The number of aliphatic hydroxyl groups excluding tert-OH is 1. The van der Waals surface area contributed by atoms with Gasteiger partial charge in [-0.15, -0.1) is 0 Å². The standard InChI is InChI=1S/C16H25O/c1-13(2)16(3,4)15(12-17)11-10-14-8-6-5-7-9-14/h5-9,13,17H,10-12H2,1-4H3. The molecule has 1 aromatic rings. The average molecular weight is 233 g/mol. The molecule has 0 amide bonds. The molecular formula is C16H25O. The highest BCUT2D eigenvalue weighted by Crippen LogP contribution is 2.38. The molecule has 95 valence electrons. The van der Waals surface area contributed by atoms with Gasteiger partial charge in [0.1, 0.15) is 0 Å². The zero-order chi connectivity index (χ0) is 12.9. The van der Waals surface area contributed by atoms with Crippen LogP contribution in [0, 0.1) is 17.3 Å². The summed E-state index contributed by atoms with van der Waals surface area (Å²) in [6.45, 7) is 9.11. The zero-order valence-electron chi connectivity index (χ0n) is 11.5. The Morgan fingerprint density at radius 2 is 1.76 bits per heavy atom. The van der Waals surface area contributed by atoms with Crippen LogP contribution in [-0.4, -0.2) is 11.7 Å². The quantitative estimate of drug-likeness (QED) is 0.791. The van der Waals surface area contributed by atoms with Crippen molar-refractivity contribution in [2.45, 2.75) is 40.5 Å². The first-order chi connectivity index (χ1) is 7.98. The van der Waals surface area contributed by atoms with Gasteiger partial charge in [-0.2, -0.15) is 0 Å². The third kappa shape index (κ3) is 3.85. The molecule has 17 heavy (non-hydrogen) atoms. The molecule has 0 aliphatic heterocycles. The summed E-state index contributed by atoms with van der Waals surface area (Å²) in [5.41, 5.74) is 1.46. The summed E-state index contributed by atoms with van der Waals surface area (Å²) < 4.78 is 0. The van der Waals surface area contributed by atoms with Crippen molar-refractivity contribution < 1.29 is 5.11 Å². The van der Waals surface area contributed by atoms with Crippen LogP contribution in [0.1, 0.15) is 39.7 Å². The van der Waals surface area contributed by atoms with Gasteiger partial charge in [-0.05, 0) is 29.7 Å². The van der Waals surface area contributed by atoms with Gasteiger partial charge in [-0.25, -0.2) is 0 Å². The van der Waals surface area contributed by atoms with Crippen LogP contribution >= 0.6 is 0 Å².